The average molecular weight is 311 g/mol. The zero-order chi connectivity index (χ0) is 16.1. The van der Waals surface area contributed by atoms with Crippen molar-refractivity contribution in [1.29, 1.82) is 0 Å². The number of nitrogens with one attached hydrogen (secondary N) is 1. The number of esters is 1. The maximum absolute atomic E-state index is 12.2. The maximum Gasteiger partial charge on any atom is 0.377 e. The first-order chi connectivity index (χ1) is 10.5. The van der Waals surface area contributed by atoms with Crippen molar-refractivity contribution < 1.29 is 23.8 Å². The van der Waals surface area contributed by atoms with Crippen LogP contribution in [0.1, 0.15) is 40.0 Å². The zero-order valence-electron chi connectivity index (χ0n) is 13.5. The van der Waals surface area contributed by atoms with E-state index >= 15 is 0 Å². The molecule has 4 atom stereocenters. The molecule has 6 heteroatoms. The van der Waals surface area contributed by atoms with E-state index in [1.165, 1.54) is 12.7 Å². The molecule has 0 aromatic heterocycles. The summed E-state index contributed by atoms with van der Waals surface area (Å²) in [6.07, 6.45) is 3.65. The fourth-order valence-corrected chi connectivity index (χ4v) is 2.83. The van der Waals surface area contributed by atoms with Crippen molar-refractivity contribution in [3.63, 3.8) is 0 Å². The Bertz CT molecular complexity index is 448. The first-order valence-corrected chi connectivity index (χ1v) is 7.95. The van der Waals surface area contributed by atoms with Gasteiger partial charge in [0.25, 0.3) is 5.91 Å². The Hall–Kier alpha value is -1.72. The number of hydrogen-bond acceptors (Lipinski definition) is 5. The van der Waals surface area contributed by atoms with Gasteiger partial charge in [0.2, 0.25) is 5.76 Å². The van der Waals surface area contributed by atoms with Gasteiger partial charge in [0.05, 0.1) is 0 Å². The van der Waals surface area contributed by atoms with Gasteiger partial charge in [-0.3, -0.25) is 4.79 Å². The Balaban J connectivity index is 1.84. The monoisotopic (exact) mass is 311 g/mol. The van der Waals surface area contributed by atoms with Gasteiger partial charge in [-0.1, -0.05) is 26.7 Å². The largest absolute Gasteiger partial charge is 0.493 e. The minimum absolute atomic E-state index is 0.00515. The molecule has 0 spiro atoms. The molecule has 1 N–H and O–H groups in total. The zero-order valence-corrected chi connectivity index (χ0v) is 13.5. The summed E-state index contributed by atoms with van der Waals surface area (Å²) in [7, 11) is 0. The molecule has 1 aliphatic carbocycles. The van der Waals surface area contributed by atoms with Crippen molar-refractivity contribution in [3.05, 3.63) is 12.0 Å². The number of ether oxygens (including phenoxy) is 3. The quantitative estimate of drug-likeness (QED) is 0.801. The van der Waals surface area contributed by atoms with Crippen LogP contribution in [0.4, 0.5) is 0 Å². The van der Waals surface area contributed by atoms with Crippen LogP contribution in [0.2, 0.25) is 0 Å². The minimum atomic E-state index is -0.858. The summed E-state index contributed by atoms with van der Waals surface area (Å²) >= 11 is 0. The van der Waals surface area contributed by atoms with E-state index in [4.69, 9.17) is 14.2 Å². The van der Waals surface area contributed by atoms with Gasteiger partial charge in [-0.25, -0.2) is 4.79 Å². The molecule has 0 saturated heterocycles. The van der Waals surface area contributed by atoms with Gasteiger partial charge in [0.1, 0.15) is 19.5 Å². The van der Waals surface area contributed by atoms with Crippen LogP contribution in [0.25, 0.3) is 0 Å². The summed E-state index contributed by atoms with van der Waals surface area (Å²) in [6, 6.07) is 0.144. The smallest absolute Gasteiger partial charge is 0.377 e. The van der Waals surface area contributed by atoms with Gasteiger partial charge in [0.15, 0.2) is 6.10 Å². The molecule has 0 radical (unpaired) electrons. The SMILES string of the molecule is C[C@@H]1[C@H](C)CCC[C@H]1NC(=O)[C@@H](C)OC(=O)C1=COCCO1. The van der Waals surface area contributed by atoms with E-state index in [1.54, 1.807) is 6.92 Å². The second kappa shape index (κ2) is 7.51. The Labute approximate surface area is 131 Å². The number of carbonyl (C=O) groups is 2. The van der Waals surface area contributed by atoms with E-state index in [1.807, 2.05) is 0 Å². The van der Waals surface area contributed by atoms with E-state index in [9.17, 15) is 9.59 Å². The van der Waals surface area contributed by atoms with E-state index < -0.39 is 12.1 Å². The number of rotatable bonds is 4. The lowest BCUT2D eigenvalue weighted by molar-refractivity contribution is -0.155. The van der Waals surface area contributed by atoms with Gasteiger partial charge in [-0.05, 0) is 25.2 Å². The molecule has 0 aromatic carbocycles. The summed E-state index contributed by atoms with van der Waals surface area (Å²) < 4.78 is 15.3. The summed E-state index contributed by atoms with van der Waals surface area (Å²) in [5, 5.41) is 3.00. The van der Waals surface area contributed by atoms with Gasteiger partial charge in [-0.2, -0.15) is 0 Å². The third-order valence-electron chi connectivity index (χ3n) is 4.54. The third-order valence-corrected chi connectivity index (χ3v) is 4.54. The predicted molar refractivity (Wildman–Crippen MR) is 79.7 cm³/mol. The standard InChI is InChI=1S/C16H25NO5/c1-10-5-4-6-13(11(10)2)17-15(18)12(3)22-16(19)14-9-20-7-8-21-14/h9-13H,4-8H2,1-3H3,(H,17,18)/t10-,11-,12-,13-/m1/s1. The van der Waals surface area contributed by atoms with Crippen LogP contribution in [-0.4, -0.2) is 37.2 Å². The first-order valence-electron chi connectivity index (χ1n) is 7.95. The lowest BCUT2D eigenvalue weighted by Crippen LogP contribution is -2.47. The van der Waals surface area contributed by atoms with Crippen molar-refractivity contribution in [2.45, 2.75) is 52.2 Å². The number of hydrogen-bond donors (Lipinski definition) is 1. The van der Waals surface area contributed by atoms with E-state index in [2.05, 4.69) is 19.2 Å². The van der Waals surface area contributed by atoms with Crippen molar-refractivity contribution in [2.24, 2.45) is 11.8 Å². The van der Waals surface area contributed by atoms with Crippen molar-refractivity contribution in [2.75, 3.05) is 13.2 Å². The van der Waals surface area contributed by atoms with E-state index in [-0.39, 0.29) is 17.7 Å². The molecule has 0 aromatic rings. The second-order valence-electron chi connectivity index (χ2n) is 6.13. The van der Waals surface area contributed by atoms with Crippen LogP contribution < -0.4 is 5.32 Å². The van der Waals surface area contributed by atoms with Crippen LogP contribution in [0.15, 0.2) is 12.0 Å². The minimum Gasteiger partial charge on any atom is -0.493 e. The highest BCUT2D eigenvalue weighted by Gasteiger charge is 2.30. The fourth-order valence-electron chi connectivity index (χ4n) is 2.83. The van der Waals surface area contributed by atoms with Crippen molar-refractivity contribution >= 4 is 11.9 Å². The van der Waals surface area contributed by atoms with Crippen LogP contribution in [0, 0.1) is 11.8 Å². The molecule has 1 amide bonds. The average Bonchev–Trinajstić information content (AvgIpc) is 2.52. The van der Waals surface area contributed by atoms with Crippen LogP contribution in [-0.2, 0) is 23.8 Å². The third kappa shape index (κ3) is 4.15. The van der Waals surface area contributed by atoms with E-state index in [0.717, 1.165) is 12.8 Å². The van der Waals surface area contributed by atoms with E-state index in [0.29, 0.717) is 25.0 Å². The molecule has 1 heterocycles. The highest BCUT2D eigenvalue weighted by atomic mass is 16.6. The highest BCUT2D eigenvalue weighted by molar-refractivity contribution is 5.89. The molecule has 1 saturated carbocycles. The lowest BCUT2D eigenvalue weighted by atomic mass is 9.78. The molecule has 1 aliphatic heterocycles. The van der Waals surface area contributed by atoms with Crippen LogP contribution in [0.5, 0.6) is 0 Å². The molecular weight excluding hydrogens is 286 g/mol. The van der Waals surface area contributed by atoms with Gasteiger partial charge in [0, 0.05) is 6.04 Å². The second-order valence-corrected chi connectivity index (χ2v) is 6.13. The summed E-state index contributed by atoms with van der Waals surface area (Å²) in [5.74, 6) is 0.0860. The molecule has 6 nitrogen and oxygen atoms in total. The van der Waals surface area contributed by atoms with Gasteiger partial charge in [-0.15, -0.1) is 0 Å². The molecular formula is C16H25NO5. The molecule has 22 heavy (non-hydrogen) atoms. The normalized spacial score (nSPS) is 29.4. The first kappa shape index (κ1) is 16.6. The molecule has 0 unspecified atom stereocenters. The van der Waals surface area contributed by atoms with Crippen molar-refractivity contribution in [1.82, 2.24) is 5.32 Å². The fraction of sp³-hybridized carbons (Fsp3) is 0.750. The molecule has 1 fully saturated rings. The number of carbonyl (C=O) groups excluding carboxylic acids is 2. The molecule has 0 bridgehead atoms. The van der Waals surface area contributed by atoms with Gasteiger partial charge >= 0.3 is 5.97 Å². The van der Waals surface area contributed by atoms with Crippen molar-refractivity contribution in [3.8, 4) is 0 Å². The number of amides is 1. The Morgan fingerprint density at radius 3 is 2.77 bits per heavy atom. The highest BCUT2D eigenvalue weighted by Crippen LogP contribution is 2.29. The van der Waals surface area contributed by atoms with Crippen LogP contribution in [0.3, 0.4) is 0 Å². The van der Waals surface area contributed by atoms with Gasteiger partial charge < -0.3 is 19.5 Å². The maximum atomic E-state index is 12.2. The van der Waals surface area contributed by atoms with Crippen LogP contribution >= 0.6 is 0 Å². The topological polar surface area (TPSA) is 73.9 Å². The molecule has 2 aliphatic rings. The Morgan fingerprint density at radius 1 is 1.32 bits per heavy atom. The molecule has 2 rings (SSSR count). The predicted octanol–water partition coefficient (Wildman–Crippen LogP) is 1.75. The lowest BCUT2D eigenvalue weighted by Gasteiger charge is -2.35. The summed E-state index contributed by atoms with van der Waals surface area (Å²) in [6.45, 7) is 6.64. The molecule has 124 valence electrons. The summed E-state index contributed by atoms with van der Waals surface area (Å²) in [4.78, 5) is 24.0. The Morgan fingerprint density at radius 2 is 2.09 bits per heavy atom. The Kier molecular flexibility index (Phi) is 5.69. The summed E-state index contributed by atoms with van der Waals surface area (Å²) in [5.41, 5.74) is 0.